The van der Waals surface area contributed by atoms with E-state index in [1.54, 1.807) is 33.5 Å². The number of hydrogen-bond acceptors (Lipinski definition) is 7. The number of anilines is 2. The average molecular weight is 327 g/mol. The lowest BCUT2D eigenvalue weighted by molar-refractivity contribution is 0.355. The first kappa shape index (κ1) is 15.7. The van der Waals surface area contributed by atoms with Crippen molar-refractivity contribution in [1.29, 1.82) is 0 Å². The van der Waals surface area contributed by atoms with E-state index in [1.807, 2.05) is 30.3 Å². The Morgan fingerprint density at radius 3 is 2.29 bits per heavy atom. The van der Waals surface area contributed by atoms with E-state index in [4.69, 9.17) is 18.7 Å². The van der Waals surface area contributed by atoms with Gasteiger partial charge >= 0.3 is 6.01 Å². The van der Waals surface area contributed by atoms with Gasteiger partial charge in [0.05, 0.1) is 21.3 Å². The van der Waals surface area contributed by atoms with Crippen LogP contribution in [0.15, 0.2) is 47.0 Å². The van der Waals surface area contributed by atoms with Gasteiger partial charge in [0, 0.05) is 11.3 Å². The zero-order valence-corrected chi connectivity index (χ0v) is 13.6. The van der Waals surface area contributed by atoms with E-state index < -0.39 is 0 Å². The predicted octanol–water partition coefficient (Wildman–Crippen LogP) is 3.51. The van der Waals surface area contributed by atoms with Crippen LogP contribution in [0.4, 0.5) is 11.7 Å². The monoisotopic (exact) mass is 327 g/mol. The Morgan fingerprint density at radius 2 is 1.62 bits per heavy atom. The molecule has 1 N–H and O–H groups in total. The molecule has 7 nitrogen and oxygen atoms in total. The Kier molecular flexibility index (Phi) is 4.51. The van der Waals surface area contributed by atoms with Crippen LogP contribution in [0.25, 0.3) is 11.4 Å². The first-order chi connectivity index (χ1) is 11.7. The van der Waals surface area contributed by atoms with Crippen LogP contribution < -0.4 is 19.5 Å². The minimum Gasteiger partial charge on any atom is -0.497 e. The molecule has 0 bridgehead atoms. The summed E-state index contributed by atoms with van der Waals surface area (Å²) in [7, 11) is 4.78. The normalized spacial score (nSPS) is 10.3. The molecule has 0 spiro atoms. The largest absolute Gasteiger partial charge is 0.497 e. The molecular formula is C17H17N3O4. The number of nitrogens with one attached hydrogen (secondary N) is 1. The molecule has 0 fully saturated rings. The second-order valence-corrected chi connectivity index (χ2v) is 4.85. The summed E-state index contributed by atoms with van der Waals surface area (Å²) in [6, 6.07) is 13.1. The van der Waals surface area contributed by atoms with Crippen LogP contribution in [0, 0.1) is 0 Å². The number of nitrogens with zero attached hydrogens (tertiary/aromatic N) is 2. The lowest BCUT2D eigenvalue weighted by Gasteiger charge is -2.07. The molecule has 1 aromatic heterocycles. The van der Waals surface area contributed by atoms with Gasteiger partial charge in [-0.25, -0.2) is 0 Å². The summed E-state index contributed by atoms with van der Waals surface area (Å²) in [5.74, 6) is 2.47. The summed E-state index contributed by atoms with van der Waals surface area (Å²) in [6.45, 7) is 0. The van der Waals surface area contributed by atoms with Crippen LogP contribution in [-0.4, -0.2) is 31.5 Å². The van der Waals surface area contributed by atoms with Gasteiger partial charge in [0.15, 0.2) is 11.5 Å². The fraction of sp³-hybridized carbons (Fsp3) is 0.176. The van der Waals surface area contributed by atoms with E-state index in [0.717, 1.165) is 17.0 Å². The number of methoxy groups -OCH3 is 3. The Bertz CT molecular complexity index is 815. The van der Waals surface area contributed by atoms with Gasteiger partial charge in [-0.15, -0.1) is 0 Å². The van der Waals surface area contributed by atoms with Gasteiger partial charge in [0.1, 0.15) is 5.75 Å². The zero-order chi connectivity index (χ0) is 16.9. The Morgan fingerprint density at radius 1 is 0.875 bits per heavy atom. The summed E-state index contributed by atoms with van der Waals surface area (Å²) in [5.41, 5.74) is 1.58. The van der Waals surface area contributed by atoms with Crippen molar-refractivity contribution < 1.29 is 18.7 Å². The van der Waals surface area contributed by atoms with E-state index in [1.165, 1.54) is 0 Å². The van der Waals surface area contributed by atoms with Crippen molar-refractivity contribution in [2.24, 2.45) is 0 Å². The van der Waals surface area contributed by atoms with Crippen molar-refractivity contribution in [3.05, 3.63) is 42.5 Å². The van der Waals surface area contributed by atoms with Crippen molar-refractivity contribution in [1.82, 2.24) is 10.1 Å². The summed E-state index contributed by atoms with van der Waals surface area (Å²) in [5, 5.41) is 7.02. The number of benzene rings is 2. The second kappa shape index (κ2) is 6.91. The molecule has 124 valence electrons. The van der Waals surface area contributed by atoms with E-state index in [2.05, 4.69) is 15.5 Å². The highest BCUT2D eigenvalue weighted by molar-refractivity contribution is 5.62. The summed E-state index contributed by atoms with van der Waals surface area (Å²) in [4.78, 5) is 4.33. The van der Waals surface area contributed by atoms with Gasteiger partial charge in [0.25, 0.3) is 0 Å². The second-order valence-electron chi connectivity index (χ2n) is 4.85. The molecule has 1 heterocycles. The molecule has 0 aliphatic carbocycles. The number of aromatic nitrogens is 2. The quantitative estimate of drug-likeness (QED) is 0.742. The molecule has 0 unspecified atom stereocenters. The topological polar surface area (TPSA) is 78.6 Å². The van der Waals surface area contributed by atoms with Crippen LogP contribution in [-0.2, 0) is 0 Å². The molecular weight excluding hydrogens is 310 g/mol. The molecule has 24 heavy (non-hydrogen) atoms. The maximum absolute atomic E-state index is 5.28. The number of hydrogen-bond donors (Lipinski definition) is 1. The predicted molar refractivity (Wildman–Crippen MR) is 89.1 cm³/mol. The standard InChI is InChI=1S/C17H17N3O4/c1-21-13-7-5-12(6-8-13)18-17-19-16(20-24-17)11-4-9-14(22-2)15(10-11)23-3/h4-10H,1-3H3,(H,18,19,20). The molecule has 0 atom stereocenters. The molecule has 7 heteroatoms. The van der Waals surface area contributed by atoms with E-state index in [-0.39, 0.29) is 0 Å². The van der Waals surface area contributed by atoms with Crippen LogP contribution in [0.2, 0.25) is 0 Å². The fourth-order valence-electron chi connectivity index (χ4n) is 2.16. The van der Waals surface area contributed by atoms with Gasteiger partial charge < -0.3 is 24.1 Å². The molecule has 0 saturated heterocycles. The zero-order valence-electron chi connectivity index (χ0n) is 13.6. The molecule has 3 aromatic rings. The van der Waals surface area contributed by atoms with Crippen molar-refractivity contribution in [2.45, 2.75) is 0 Å². The highest BCUT2D eigenvalue weighted by Crippen LogP contribution is 2.31. The van der Waals surface area contributed by atoms with Gasteiger partial charge in [-0.3, -0.25) is 0 Å². The van der Waals surface area contributed by atoms with Crippen molar-refractivity contribution in [3.8, 4) is 28.6 Å². The first-order valence-electron chi connectivity index (χ1n) is 7.20. The lowest BCUT2D eigenvalue weighted by Crippen LogP contribution is -1.92. The maximum Gasteiger partial charge on any atom is 0.326 e. The molecule has 0 amide bonds. The van der Waals surface area contributed by atoms with E-state index in [9.17, 15) is 0 Å². The molecule has 0 saturated carbocycles. The van der Waals surface area contributed by atoms with Gasteiger partial charge in [-0.05, 0) is 42.5 Å². The van der Waals surface area contributed by atoms with Crippen molar-refractivity contribution in [2.75, 3.05) is 26.6 Å². The van der Waals surface area contributed by atoms with Gasteiger partial charge in [0.2, 0.25) is 5.82 Å². The molecule has 0 aliphatic rings. The number of rotatable bonds is 6. The smallest absolute Gasteiger partial charge is 0.326 e. The first-order valence-corrected chi connectivity index (χ1v) is 7.20. The molecule has 3 rings (SSSR count). The maximum atomic E-state index is 5.28. The molecule has 0 aliphatic heterocycles. The number of ether oxygens (including phenoxy) is 3. The van der Waals surface area contributed by atoms with E-state index >= 15 is 0 Å². The van der Waals surface area contributed by atoms with Crippen LogP contribution in [0.5, 0.6) is 17.2 Å². The fourth-order valence-corrected chi connectivity index (χ4v) is 2.16. The summed E-state index contributed by atoms with van der Waals surface area (Å²) < 4.78 is 20.9. The minimum absolute atomic E-state index is 0.296. The third-order valence-electron chi connectivity index (χ3n) is 3.41. The van der Waals surface area contributed by atoms with Crippen LogP contribution >= 0.6 is 0 Å². The summed E-state index contributed by atoms with van der Waals surface area (Å²) in [6.07, 6.45) is 0. The lowest BCUT2D eigenvalue weighted by atomic mass is 10.2. The van der Waals surface area contributed by atoms with E-state index in [0.29, 0.717) is 23.3 Å². The van der Waals surface area contributed by atoms with Gasteiger partial charge in [-0.1, -0.05) is 5.16 Å². The van der Waals surface area contributed by atoms with Crippen LogP contribution in [0.3, 0.4) is 0 Å². The highest BCUT2D eigenvalue weighted by Gasteiger charge is 2.12. The third-order valence-corrected chi connectivity index (χ3v) is 3.41. The average Bonchev–Trinajstić information content (AvgIpc) is 3.10. The Labute approximate surface area is 139 Å². The summed E-state index contributed by atoms with van der Waals surface area (Å²) >= 11 is 0. The van der Waals surface area contributed by atoms with Gasteiger partial charge in [-0.2, -0.15) is 4.98 Å². The molecule has 0 radical (unpaired) electrons. The highest BCUT2D eigenvalue weighted by atomic mass is 16.5. The minimum atomic E-state index is 0.296. The Balaban J connectivity index is 1.79. The third kappa shape index (κ3) is 3.24. The molecule has 2 aromatic carbocycles. The van der Waals surface area contributed by atoms with Crippen molar-refractivity contribution >= 4 is 11.7 Å². The van der Waals surface area contributed by atoms with Crippen molar-refractivity contribution in [3.63, 3.8) is 0 Å². The van der Waals surface area contributed by atoms with Crippen LogP contribution in [0.1, 0.15) is 0 Å². The SMILES string of the molecule is COc1ccc(Nc2nc(-c3ccc(OC)c(OC)c3)no2)cc1. The Hall–Kier alpha value is -3.22.